The number of benzene rings is 1. The summed E-state index contributed by atoms with van der Waals surface area (Å²) in [6.07, 6.45) is 1.73. The third-order valence-corrected chi connectivity index (χ3v) is 3.71. The van der Waals surface area contributed by atoms with Crippen molar-refractivity contribution in [1.82, 2.24) is 9.78 Å². The van der Waals surface area contributed by atoms with Crippen molar-refractivity contribution in [1.29, 1.82) is 0 Å². The van der Waals surface area contributed by atoms with Crippen LogP contribution in [-0.2, 0) is 13.6 Å². The first-order valence-corrected chi connectivity index (χ1v) is 6.95. The van der Waals surface area contributed by atoms with Gasteiger partial charge in [0.2, 0.25) is 0 Å². The number of carboxylic acid groups (broad SMARTS) is 1. The van der Waals surface area contributed by atoms with Crippen LogP contribution in [0.2, 0.25) is 0 Å². The van der Waals surface area contributed by atoms with E-state index in [-0.39, 0.29) is 5.56 Å². The lowest BCUT2D eigenvalue weighted by molar-refractivity contribution is 0.0692. The van der Waals surface area contributed by atoms with Gasteiger partial charge in [-0.2, -0.15) is 5.10 Å². The monoisotopic (exact) mass is 313 g/mol. The molecule has 3 aromatic rings. The van der Waals surface area contributed by atoms with Crippen molar-refractivity contribution in [3.63, 3.8) is 0 Å². The Labute approximate surface area is 131 Å². The molecule has 0 radical (unpaired) electrons. The Morgan fingerprint density at radius 1 is 1.35 bits per heavy atom. The van der Waals surface area contributed by atoms with Gasteiger partial charge in [0.05, 0.1) is 12.2 Å². The largest absolute Gasteiger partial charge is 0.477 e. The number of carbonyl (C=O) groups is 1. The molecule has 2 aromatic heterocycles. The summed E-state index contributed by atoms with van der Waals surface area (Å²) in [4.78, 5) is 24.6. The lowest BCUT2D eigenvalue weighted by Gasteiger charge is -2.19. The topological polar surface area (TPSA) is 88.6 Å². The van der Waals surface area contributed by atoms with E-state index in [0.29, 0.717) is 17.5 Å². The Morgan fingerprint density at radius 3 is 2.78 bits per heavy atom. The van der Waals surface area contributed by atoms with Crippen molar-refractivity contribution in [3.05, 3.63) is 58.2 Å². The second-order valence-electron chi connectivity index (χ2n) is 5.28. The van der Waals surface area contributed by atoms with E-state index in [4.69, 9.17) is 9.52 Å². The number of hydrogen-bond acceptors (Lipinski definition) is 5. The SMILES string of the molecule is CN(Cc1ccnn1C)c1ccc2cc(C(=O)O)c(=O)oc2c1. The number of aromatic nitrogens is 2. The molecule has 2 heterocycles. The molecule has 7 heteroatoms. The summed E-state index contributed by atoms with van der Waals surface area (Å²) < 4.78 is 6.91. The molecule has 23 heavy (non-hydrogen) atoms. The summed E-state index contributed by atoms with van der Waals surface area (Å²) in [6.45, 7) is 0.638. The molecule has 7 nitrogen and oxygen atoms in total. The minimum absolute atomic E-state index is 0.356. The highest BCUT2D eigenvalue weighted by molar-refractivity contribution is 5.92. The number of rotatable bonds is 4. The molecule has 0 atom stereocenters. The van der Waals surface area contributed by atoms with Crippen LogP contribution in [0.5, 0.6) is 0 Å². The van der Waals surface area contributed by atoms with E-state index in [1.807, 2.05) is 31.1 Å². The van der Waals surface area contributed by atoms with E-state index < -0.39 is 11.6 Å². The quantitative estimate of drug-likeness (QED) is 0.740. The van der Waals surface area contributed by atoms with E-state index in [9.17, 15) is 9.59 Å². The normalized spacial score (nSPS) is 10.9. The van der Waals surface area contributed by atoms with E-state index in [0.717, 1.165) is 11.4 Å². The molecule has 0 aliphatic heterocycles. The molecule has 0 fully saturated rings. The minimum atomic E-state index is -1.29. The molecule has 1 aromatic carbocycles. The lowest BCUT2D eigenvalue weighted by atomic mass is 10.1. The van der Waals surface area contributed by atoms with Crippen LogP contribution in [0, 0.1) is 0 Å². The first-order chi connectivity index (χ1) is 11.0. The first kappa shape index (κ1) is 14.8. The molecule has 1 N–H and O–H groups in total. The summed E-state index contributed by atoms with van der Waals surface area (Å²) in [5.41, 5.74) is 1.03. The van der Waals surface area contributed by atoms with Gasteiger partial charge in [-0.05, 0) is 24.3 Å². The second kappa shape index (κ2) is 5.60. The van der Waals surface area contributed by atoms with Crippen molar-refractivity contribution in [3.8, 4) is 0 Å². The number of aromatic carboxylic acids is 1. The fourth-order valence-electron chi connectivity index (χ4n) is 2.38. The predicted molar refractivity (Wildman–Crippen MR) is 84.8 cm³/mol. The zero-order valence-electron chi connectivity index (χ0n) is 12.7. The zero-order chi connectivity index (χ0) is 16.6. The summed E-state index contributed by atoms with van der Waals surface area (Å²) in [7, 11) is 3.79. The zero-order valence-corrected chi connectivity index (χ0v) is 12.7. The fourth-order valence-corrected chi connectivity index (χ4v) is 2.38. The Kier molecular flexibility index (Phi) is 3.61. The second-order valence-corrected chi connectivity index (χ2v) is 5.28. The fraction of sp³-hybridized carbons (Fsp3) is 0.188. The van der Waals surface area contributed by atoms with E-state index in [1.54, 1.807) is 23.0 Å². The molecule has 0 aliphatic rings. The van der Waals surface area contributed by atoms with Crippen LogP contribution in [0.4, 0.5) is 5.69 Å². The number of carboxylic acids is 1. The van der Waals surface area contributed by atoms with Crippen molar-refractivity contribution >= 4 is 22.6 Å². The van der Waals surface area contributed by atoms with Gasteiger partial charge in [0.1, 0.15) is 11.1 Å². The van der Waals surface area contributed by atoms with Crippen LogP contribution in [0.1, 0.15) is 16.1 Å². The van der Waals surface area contributed by atoms with Crippen LogP contribution in [-0.4, -0.2) is 27.9 Å². The summed E-state index contributed by atoms with van der Waals surface area (Å²) in [5.74, 6) is -1.29. The average Bonchev–Trinajstić information content (AvgIpc) is 2.90. The van der Waals surface area contributed by atoms with Crippen molar-refractivity contribution in [2.75, 3.05) is 11.9 Å². The Balaban J connectivity index is 1.96. The molecular weight excluding hydrogens is 298 g/mol. The van der Waals surface area contributed by atoms with Crippen LogP contribution in [0.3, 0.4) is 0 Å². The highest BCUT2D eigenvalue weighted by Gasteiger charge is 2.13. The third kappa shape index (κ3) is 2.80. The maximum absolute atomic E-state index is 11.7. The smallest absolute Gasteiger partial charge is 0.351 e. The number of nitrogens with zero attached hydrogens (tertiary/aromatic N) is 3. The first-order valence-electron chi connectivity index (χ1n) is 6.95. The molecular formula is C16H15N3O4. The molecule has 0 spiro atoms. The van der Waals surface area contributed by atoms with Crippen LogP contribution in [0.15, 0.2) is 45.7 Å². The highest BCUT2D eigenvalue weighted by Crippen LogP contribution is 2.22. The Bertz CT molecular complexity index is 942. The average molecular weight is 313 g/mol. The predicted octanol–water partition coefficient (Wildman–Crippen LogP) is 1.86. The molecule has 0 bridgehead atoms. The van der Waals surface area contributed by atoms with Gasteiger partial charge in [0.25, 0.3) is 0 Å². The Hall–Kier alpha value is -3.09. The van der Waals surface area contributed by atoms with Gasteiger partial charge in [-0.1, -0.05) is 0 Å². The summed E-state index contributed by atoms with van der Waals surface area (Å²) in [5, 5.41) is 13.7. The maximum atomic E-state index is 11.7. The van der Waals surface area contributed by atoms with E-state index in [2.05, 4.69) is 5.10 Å². The third-order valence-electron chi connectivity index (χ3n) is 3.71. The minimum Gasteiger partial charge on any atom is -0.477 e. The van der Waals surface area contributed by atoms with E-state index >= 15 is 0 Å². The molecule has 0 amide bonds. The highest BCUT2D eigenvalue weighted by atomic mass is 16.4. The molecule has 3 rings (SSSR count). The number of fused-ring (bicyclic) bond motifs is 1. The van der Waals surface area contributed by atoms with Crippen molar-refractivity contribution in [2.45, 2.75) is 6.54 Å². The standard InChI is InChI=1S/C16H15N3O4/c1-18(9-12-5-6-17-19(12)2)11-4-3-10-7-13(15(20)21)16(22)23-14(10)8-11/h3-8H,9H2,1-2H3,(H,20,21). The molecule has 0 unspecified atom stereocenters. The van der Waals surface area contributed by atoms with E-state index in [1.165, 1.54) is 6.07 Å². The number of hydrogen-bond donors (Lipinski definition) is 1. The van der Waals surface area contributed by atoms with Gasteiger partial charge in [-0.3, -0.25) is 4.68 Å². The van der Waals surface area contributed by atoms with Gasteiger partial charge in [0.15, 0.2) is 0 Å². The van der Waals surface area contributed by atoms with Crippen LogP contribution in [0.25, 0.3) is 11.0 Å². The maximum Gasteiger partial charge on any atom is 0.351 e. The van der Waals surface area contributed by atoms with Gasteiger partial charge in [-0.15, -0.1) is 0 Å². The van der Waals surface area contributed by atoms with Gasteiger partial charge < -0.3 is 14.4 Å². The number of aryl methyl sites for hydroxylation is 1. The number of anilines is 1. The Morgan fingerprint density at radius 2 is 2.13 bits per heavy atom. The lowest BCUT2D eigenvalue weighted by Crippen LogP contribution is -2.18. The molecule has 0 saturated heterocycles. The summed E-state index contributed by atoms with van der Waals surface area (Å²) >= 11 is 0. The van der Waals surface area contributed by atoms with Crippen LogP contribution < -0.4 is 10.5 Å². The van der Waals surface area contributed by atoms with Crippen molar-refractivity contribution in [2.24, 2.45) is 7.05 Å². The molecule has 0 saturated carbocycles. The molecule has 0 aliphatic carbocycles. The van der Waals surface area contributed by atoms with Crippen molar-refractivity contribution < 1.29 is 14.3 Å². The van der Waals surface area contributed by atoms with Crippen LogP contribution >= 0.6 is 0 Å². The van der Waals surface area contributed by atoms with Gasteiger partial charge >= 0.3 is 11.6 Å². The van der Waals surface area contributed by atoms with Gasteiger partial charge in [0, 0.05) is 37.4 Å². The van der Waals surface area contributed by atoms with Gasteiger partial charge in [-0.25, -0.2) is 9.59 Å². The summed E-state index contributed by atoms with van der Waals surface area (Å²) in [6, 6.07) is 8.56. The molecule has 118 valence electrons.